The number of anilines is 1. The summed E-state index contributed by atoms with van der Waals surface area (Å²) in [6.07, 6.45) is 5.97. The lowest BCUT2D eigenvalue weighted by Crippen LogP contribution is -2.21. The molecule has 0 unspecified atom stereocenters. The van der Waals surface area contributed by atoms with Crippen molar-refractivity contribution in [3.63, 3.8) is 0 Å². The van der Waals surface area contributed by atoms with Crippen molar-refractivity contribution < 1.29 is 9.47 Å². The number of para-hydroxylation sites is 1. The Kier molecular flexibility index (Phi) is 6.48. The van der Waals surface area contributed by atoms with E-state index >= 15 is 0 Å². The standard InChI is InChI=1S/C33H27N3O2/c1-35-18-19-36(24-35)28-10-7-15-32(23-28)38-31-14-6-9-27(21-31)33-22-26(16-17-34-33)25-8-5-13-30(20-25)37-29-11-3-2-4-12-29/h2-23H,24H2,1H3. The second kappa shape index (κ2) is 10.5. The first-order valence-electron chi connectivity index (χ1n) is 12.5. The molecule has 0 fully saturated rings. The van der Waals surface area contributed by atoms with Gasteiger partial charge in [0.1, 0.15) is 23.0 Å². The molecule has 38 heavy (non-hydrogen) atoms. The van der Waals surface area contributed by atoms with E-state index in [2.05, 4.69) is 64.6 Å². The highest BCUT2D eigenvalue weighted by atomic mass is 16.5. The third kappa shape index (κ3) is 5.37. The van der Waals surface area contributed by atoms with Gasteiger partial charge in [-0.15, -0.1) is 0 Å². The third-order valence-corrected chi connectivity index (χ3v) is 6.30. The molecule has 0 aliphatic carbocycles. The molecule has 5 aromatic rings. The molecule has 0 bridgehead atoms. The Hall–Kier alpha value is -5.03. The maximum atomic E-state index is 6.25. The van der Waals surface area contributed by atoms with E-state index in [-0.39, 0.29) is 0 Å². The van der Waals surface area contributed by atoms with Crippen LogP contribution < -0.4 is 14.4 Å². The predicted octanol–water partition coefficient (Wildman–Crippen LogP) is 8.18. The van der Waals surface area contributed by atoms with Gasteiger partial charge in [0, 0.05) is 43.0 Å². The largest absolute Gasteiger partial charge is 0.457 e. The van der Waals surface area contributed by atoms with Crippen LogP contribution in [0, 0.1) is 0 Å². The first kappa shape index (κ1) is 23.4. The Morgan fingerprint density at radius 1 is 0.579 bits per heavy atom. The summed E-state index contributed by atoms with van der Waals surface area (Å²) in [6, 6.07) is 38.2. The van der Waals surface area contributed by atoms with Crippen LogP contribution in [0.25, 0.3) is 22.4 Å². The molecule has 1 aliphatic heterocycles. The van der Waals surface area contributed by atoms with Gasteiger partial charge in [-0.05, 0) is 71.8 Å². The smallest absolute Gasteiger partial charge is 0.129 e. The van der Waals surface area contributed by atoms with E-state index in [0.717, 1.165) is 57.7 Å². The van der Waals surface area contributed by atoms with Gasteiger partial charge in [-0.3, -0.25) is 4.98 Å². The lowest BCUT2D eigenvalue weighted by atomic mass is 10.0. The summed E-state index contributed by atoms with van der Waals surface area (Å²) >= 11 is 0. The Labute approximate surface area is 222 Å². The van der Waals surface area contributed by atoms with Crippen molar-refractivity contribution in [2.75, 3.05) is 18.6 Å². The molecule has 1 aliphatic rings. The minimum Gasteiger partial charge on any atom is -0.457 e. The first-order chi connectivity index (χ1) is 18.7. The van der Waals surface area contributed by atoms with Crippen LogP contribution in [-0.2, 0) is 0 Å². The summed E-state index contributed by atoms with van der Waals surface area (Å²) in [4.78, 5) is 8.95. The highest BCUT2D eigenvalue weighted by molar-refractivity contribution is 5.72. The minimum absolute atomic E-state index is 0.763. The zero-order chi connectivity index (χ0) is 25.7. The summed E-state index contributed by atoms with van der Waals surface area (Å²) in [7, 11) is 2.06. The van der Waals surface area contributed by atoms with E-state index in [9.17, 15) is 0 Å². The SMILES string of the molecule is CN1C=CN(c2cccc(Oc3cccc(-c4cc(-c5cccc(Oc6ccccc6)c5)ccn4)c3)c2)C1. The lowest BCUT2D eigenvalue weighted by Gasteiger charge is -2.19. The monoisotopic (exact) mass is 497 g/mol. The van der Waals surface area contributed by atoms with Gasteiger partial charge in [0.05, 0.1) is 12.4 Å². The fourth-order valence-corrected chi connectivity index (χ4v) is 4.41. The summed E-state index contributed by atoms with van der Waals surface area (Å²) < 4.78 is 12.3. The quantitative estimate of drug-likeness (QED) is 0.227. The van der Waals surface area contributed by atoms with Crippen LogP contribution in [0.5, 0.6) is 23.0 Å². The molecule has 0 N–H and O–H groups in total. The van der Waals surface area contributed by atoms with Crippen LogP contribution in [0.3, 0.4) is 0 Å². The molecule has 0 atom stereocenters. The van der Waals surface area contributed by atoms with Crippen LogP contribution in [0.1, 0.15) is 0 Å². The molecule has 4 aromatic carbocycles. The van der Waals surface area contributed by atoms with Gasteiger partial charge in [0.2, 0.25) is 0 Å². The van der Waals surface area contributed by atoms with Gasteiger partial charge in [-0.2, -0.15) is 0 Å². The van der Waals surface area contributed by atoms with Crippen molar-refractivity contribution in [1.29, 1.82) is 0 Å². The Morgan fingerprint density at radius 2 is 1.21 bits per heavy atom. The molecule has 5 heteroatoms. The van der Waals surface area contributed by atoms with E-state index in [1.54, 1.807) is 0 Å². The molecule has 5 nitrogen and oxygen atoms in total. The lowest BCUT2D eigenvalue weighted by molar-refractivity contribution is 0.481. The van der Waals surface area contributed by atoms with Crippen molar-refractivity contribution in [1.82, 2.24) is 9.88 Å². The van der Waals surface area contributed by atoms with Crippen molar-refractivity contribution in [3.05, 3.63) is 134 Å². The normalized spacial score (nSPS) is 12.6. The summed E-state index contributed by atoms with van der Waals surface area (Å²) in [5.74, 6) is 3.16. The first-order valence-corrected chi connectivity index (χ1v) is 12.5. The Balaban J connectivity index is 1.22. The topological polar surface area (TPSA) is 37.8 Å². The number of pyridine rings is 1. The van der Waals surface area contributed by atoms with Crippen molar-refractivity contribution in [2.24, 2.45) is 0 Å². The van der Waals surface area contributed by atoms with Crippen LogP contribution in [-0.4, -0.2) is 23.6 Å². The van der Waals surface area contributed by atoms with Gasteiger partial charge < -0.3 is 19.3 Å². The minimum atomic E-state index is 0.763. The average molecular weight is 498 g/mol. The summed E-state index contributed by atoms with van der Waals surface area (Å²) in [5, 5.41) is 0. The van der Waals surface area contributed by atoms with E-state index < -0.39 is 0 Å². The van der Waals surface area contributed by atoms with Crippen molar-refractivity contribution in [3.8, 4) is 45.4 Å². The van der Waals surface area contributed by atoms with Gasteiger partial charge in [0.25, 0.3) is 0 Å². The Morgan fingerprint density at radius 3 is 1.97 bits per heavy atom. The molecule has 186 valence electrons. The van der Waals surface area contributed by atoms with Crippen molar-refractivity contribution in [2.45, 2.75) is 0 Å². The Bertz CT molecular complexity index is 1580. The number of ether oxygens (including phenoxy) is 2. The summed E-state index contributed by atoms with van der Waals surface area (Å²) in [6.45, 7) is 0.822. The van der Waals surface area contributed by atoms with Gasteiger partial charge in [-0.25, -0.2) is 0 Å². The molecule has 1 aromatic heterocycles. The number of aromatic nitrogens is 1. The zero-order valence-electron chi connectivity index (χ0n) is 21.1. The number of benzene rings is 4. The number of nitrogens with zero attached hydrogens (tertiary/aromatic N) is 3. The average Bonchev–Trinajstić information content (AvgIpc) is 3.40. The number of rotatable bonds is 7. The van der Waals surface area contributed by atoms with E-state index in [4.69, 9.17) is 9.47 Å². The van der Waals surface area contributed by atoms with Crippen molar-refractivity contribution >= 4 is 5.69 Å². The van der Waals surface area contributed by atoms with Crippen LogP contribution in [0.2, 0.25) is 0 Å². The summed E-state index contributed by atoms with van der Waals surface area (Å²) in [5.41, 5.74) is 5.08. The van der Waals surface area contributed by atoms with Crippen LogP contribution in [0.4, 0.5) is 5.69 Å². The number of hydrogen-bond acceptors (Lipinski definition) is 5. The molecule has 2 heterocycles. The van der Waals surface area contributed by atoms with Crippen LogP contribution in [0.15, 0.2) is 134 Å². The molecule has 6 rings (SSSR count). The second-order valence-electron chi connectivity index (χ2n) is 9.17. The fraction of sp³-hybridized carbons (Fsp3) is 0.0606. The molecule has 0 radical (unpaired) electrons. The highest BCUT2D eigenvalue weighted by Crippen LogP contribution is 2.32. The highest BCUT2D eigenvalue weighted by Gasteiger charge is 2.12. The van der Waals surface area contributed by atoms with E-state index in [0.29, 0.717) is 0 Å². The van der Waals surface area contributed by atoms with Gasteiger partial charge in [0.15, 0.2) is 0 Å². The van der Waals surface area contributed by atoms with Gasteiger partial charge >= 0.3 is 0 Å². The third-order valence-electron chi connectivity index (χ3n) is 6.30. The molecule has 0 amide bonds. The van der Waals surface area contributed by atoms with Crippen LogP contribution >= 0.6 is 0 Å². The number of hydrogen-bond donors (Lipinski definition) is 0. The molecule has 0 saturated carbocycles. The molecule has 0 spiro atoms. The second-order valence-corrected chi connectivity index (χ2v) is 9.17. The fourth-order valence-electron chi connectivity index (χ4n) is 4.41. The van der Waals surface area contributed by atoms with E-state index in [1.807, 2.05) is 91.1 Å². The van der Waals surface area contributed by atoms with E-state index in [1.165, 1.54) is 0 Å². The molecular weight excluding hydrogens is 470 g/mol. The maximum absolute atomic E-state index is 6.25. The molecule has 0 saturated heterocycles. The van der Waals surface area contributed by atoms with Gasteiger partial charge in [-0.1, -0.05) is 48.5 Å². The maximum Gasteiger partial charge on any atom is 0.129 e. The predicted molar refractivity (Wildman–Crippen MR) is 152 cm³/mol. The molecular formula is C33H27N3O2. The zero-order valence-corrected chi connectivity index (χ0v) is 21.1.